The van der Waals surface area contributed by atoms with Crippen LogP contribution in [0.15, 0.2) is 46.8 Å². The van der Waals surface area contributed by atoms with Gasteiger partial charge in [-0.25, -0.2) is 9.59 Å². The lowest BCUT2D eigenvalue weighted by Crippen LogP contribution is -2.34. The molecular formula is C20H24N2O7. The first-order valence-electron chi connectivity index (χ1n) is 11.4. The van der Waals surface area contributed by atoms with Crippen LogP contribution in [-0.2, 0) is 19.1 Å². The highest BCUT2D eigenvalue weighted by molar-refractivity contribution is 6.00. The van der Waals surface area contributed by atoms with Gasteiger partial charge in [0.25, 0.3) is 5.69 Å². The topological polar surface area (TPSA) is 128 Å². The highest BCUT2D eigenvalue weighted by Crippen LogP contribution is 2.42. The van der Waals surface area contributed by atoms with Gasteiger partial charge in [0, 0.05) is 31.2 Å². The number of ether oxygens (including phenoxy) is 2. The first kappa shape index (κ1) is 14.7. The molecule has 1 aromatic rings. The summed E-state index contributed by atoms with van der Waals surface area (Å²) < 4.78 is 54.3. The van der Waals surface area contributed by atoms with E-state index in [1.807, 2.05) is 0 Å². The molecule has 0 amide bonds. The van der Waals surface area contributed by atoms with Crippen molar-refractivity contribution in [3.63, 3.8) is 0 Å². The quantitative estimate of drug-likeness (QED) is 0.415. The predicted molar refractivity (Wildman–Crippen MR) is 104 cm³/mol. The number of para-hydroxylation sites is 1. The zero-order chi connectivity index (χ0) is 26.9. The number of carbonyl (C=O) groups excluding carboxylic acids is 2. The summed E-state index contributed by atoms with van der Waals surface area (Å²) in [6.07, 6.45) is 0. The fourth-order valence-corrected chi connectivity index (χ4v) is 3.10. The maximum atomic E-state index is 13.2. The summed E-state index contributed by atoms with van der Waals surface area (Å²) >= 11 is 0. The Hall–Kier alpha value is -3.20. The maximum Gasteiger partial charge on any atom is 0.336 e. The lowest BCUT2D eigenvalue weighted by atomic mass is 9.79. The number of aliphatic hydroxyl groups is 1. The molecule has 2 rings (SSSR count). The second-order valence-electron chi connectivity index (χ2n) is 6.38. The number of hydrogen-bond donors (Lipinski definition) is 2. The number of allylic oxidation sites excluding steroid dienone is 2. The van der Waals surface area contributed by atoms with Crippen LogP contribution in [0, 0.1) is 10.1 Å². The Morgan fingerprint density at radius 1 is 1.24 bits per heavy atom. The molecular weight excluding hydrogens is 380 g/mol. The van der Waals surface area contributed by atoms with Gasteiger partial charge in [0.1, 0.15) is 6.61 Å². The van der Waals surface area contributed by atoms with Crippen molar-refractivity contribution in [1.29, 1.82) is 0 Å². The largest absolute Gasteiger partial charge is 0.466 e. The van der Waals surface area contributed by atoms with Gasteiger partial charge in [-0.05, 0) is 27.6 Å². The minimum Gasteiger partial charge on any atom is -0.466 e. The van der Waals surface area contributed by atoms with E-state index in [0.29, 0.717) is 0 Å². The smallest absolute Gasteiger partial charge is 0.336 e. The van der Waals surface area contributed by atoms with E-state index in [1.165, 1.54) is 38.1 Å². The number of nitrogens with zero attached hydrogens (tertiary/aromatic N) is 1. The third-order valence-corrected chi connectivity index (χ3v) is 4.24. The molecule has 1 atom stereocenters. The molecule has 0 spiro atoms. The van der Waals surface area contributed by atoms with E-state index >= 15 is 0 Å². The molecule has 1 aromatic carbocycles. The summed E-state index contributed by atoms with van der Waals surface area (Å²) in [5.74, 6) is -3.58. The molecule has 0 bridgehead atoms. The zero-order valence-corrected chi connectivity index (χ0v) is 15.9. The molecule has 1 aliphatic heterocycles. The van der Waals surface area contributed by atoms with Crippen molar-refractivity contribution < 1.29 is 37.3 Å². The summed E-state index contributed by atoms with van der Waals surface area (Å²) in [5.41, 5.74) is -4.02. The van der Waals surface area contributed by atoms with Crippen molar-refractivity contribution in [1.82, 2.24) is 5.32 Å². The molecule has 9 heteroatoms. The van der Waals surface area contributed by atoms with E-state index in [2.05, 4.69) is 5.32 Å². The Morgan fingerprint density at radius 2 is 1.83 bits per heavy atom. The number of hydrogen-bond acceptors (Lipinski definition) is 8. The Morgan fingerprint density at radius 3 is 2.38 bits per heavy atom. The summed E-state index contributed by atoms with van der Waals surface area (Å²) in [5, 5.41) is 24.9. The molecule has 0 saturated heterocycles. The first-order valence-corrected chi connectivity index (χ1v) is 8.37. The van der Waals surface area contributed by atoms with Crippen LogP contribution in [0.25, 0.3) is 0 Å². The molecule has 0 fully saturated rings. The number of carbonyl (C=O) groups is 2. The van der Waals surface area contributed by atoms with Gasteiger partial charge in [-0.3, -0.25) is 10.1 Å². The first-order chi connectivity index (χ1) is 16.0. The average Bonchev–Trinajstić information content (AvgIpc) is 2.74. The monoisotopic (exact) mass is 410 g/mol. The van der Waals surface area contributed by atoms with Gasteiger partial charge in [0.2, 0.25) is 0 Å². The number of dihydropyridines is 1. The molecule has 1 heterocycles. The van der Waals surface area contributed by atoms with E-state index in [1.54, 1.807) is 0 Å². The second-order valence-corrected chi connectivity index (χ2v) is 6.38. The molecule has 9 nitrogen and oxygen atoms in total. The molecule has 0 saturated carbocycles. The Balaban J connectivity index is 2.65. The van der Waals surface area contributed by atoms with Crippen LogP contribution >= 0.6 is 0 Å². The zero-order valence-electron chi connectivity index (χ0n) is 21.9. The predicted octanol–water partition coefficient (Wildman–Crippen LogP) is 2.32. The summed E-state index contributed by atoms with van der Waals surface area (Å²) in [6.45, 7) is -5.43. The highest BCUT2D eigenvalue weighted by atomic mass is 16.6. The Bertz CT molecular complexity index is 1090. The van der Waals surface area contributed by atoms with Crippen LogP contribution in [0.3, 0.4) is 0 Å². The molecule has 1 unspecified atom stereocenters. The normalized spacial score (nSPS) is 20.9. The van der Waals surface area contributed by atoms with Crippen molar-refractivity contribution >= 4 is 17.6 Å². The standard InChI is InChI=1S/C20H24N2O7/c1-11-15(18(23)28-5)17(13-8-6-7-9-14(13)22(26)27)16(12(2)21-11)19(24)29-10-20(3,4)25/h6-9,17,21,25H,10H2,1-5H3/i3D3,4D3. The van der Waals surface area contributed by atoms with Crippen molar-refractivity contribution in [2.75, 3.05) is 13.7 Å². The number of rotatable bonds is 6. The minimum absolute atomic E-state index is 0.0630. The lowest BCUT2D eigenvalue weighted by molar-refractivity contribution is -0.385. The molecule has 156 valence electrons. The third kappa shape index (κ3) is 4.80. The number of methoxy groups -OCH3 is 1. The van der Waals surface area contributed by atoms with E-state index in [4.69, 9.17) is 17.7 Å². The fourth-order valence-electron chi connectivity index (χ4n) is 3.10. The minimum atomic E-state index is -3.45. The van der Waals surface area contributed by atoms with Gasteiger partial charge in [-0.15, -0.1) is 0 Å². The Labute approximate surface area is 176 Å². The van der Waals surface area contributed by atoms with Crippen molar-refractivity contribution in [3.8, 4) is 0 Å². The summed E-state index contributed by atoms with van der Waals surface area (Å²) in [4.78, 5) is 36.8. The molecule has 0 aliphatic carbocycles. The summed E-state index contributed by atoms with van der Waals surface area (Å²) in [6, 6.07) is 5.33. The molecule has 29 heavy (non-hydrogen) atoms. The van der Waals surface area contributed by atoms with E-state index in [-0.39, 0.29) is 28.1 Å². The molecule has 1 aliphatic rings. The third-order valence-electron chi connectivity index (χ3n) is 4.24. The van der Waals surface area contributed by atoms with Crippen LogP contribution in [0.5, 0.6) is 0 Å². The van der Waals surface area contributed by atoms with Crippen LogP contribution < -0.4 is 5.32 Å². The number of benzene rings is 1. The molecule has 2 N–H and O–H groups in total. The number of nitro benzene ring substituents is 1. The number of esters is 2. The van der Waals surface area contributed by atoms with E-state index < -0.39 is 54.4 Å². The van der Waals surface area contributed by atoms with Crippen LogP contribution in [0.2, 0.25) is 0 Å². The maximum absolute atomic E-state index is 13.2. The van der Waals surface area contributed by atoms with Crippen LogP contribution in [-0.4, -0.2) is 41.3 Å². The van der Waals surface area contributed by atoms with Crippen molar-refractivity contribution in [2.45, 2.75) is 39.1 Å². The number of nitro groups is 1. The van der Waals surface area contributed by atoms with Gasteiger partial charge in [-0.2, -0.15) is 0 Å². The SMILES string of the molecule is [2H]C([2H])([2H])C(O)(COC(=O)C1=C(C)NC(C)=C(C(=O)OC)C1c1ccccc1[N+](=O)[O-])C([2H])([2H])[2H]. The van der Waals surface area contributed by atoms with Gasteiger partial charge in [0.05, 0.1) is 34.7 Å². The second kappa shape index (κ2) is 8.44. The van der Waals surface area contributed by atoms with Crippen molar-refractivity contribution in [3.05, 3.63) is 62.5 Å². The highest BCUT2D eigenvalue weighted by Gasteiger charge is 2.41. The van der Waals surface area contributed by atoms with Crippen LogP contribution in [0.1, 0.15) is 47.3 Å². The number of nitrogens with one attached hydrogen (secondary N) is 1. The Kier molecular flexibility index (Phi) is 4.29. The van der Waals surface area contributed by atoms with Crippen LogP contribution in [0.4, 0.5) is 5.69 Å². The average molecular weight is 410 g/mol. The van der Waals surface area contributed by atoms with E-state index in [0.717, 1.165) is 7.11 Å². The van der Waals surface area contributed by atoms with Gasteiger partial charge < -0.3 is 19.9 Å². The molecule has 0 radical (unpaired) electrons. The molecule has 0 aromatic heterocycles. The van der Waals surface area contributed by atoms with E-state index in [9.17, 15) is 24.8 Å². The fraction of sp³-hybridized carbons (Fsp3) is 0.400. The van der Waals surface area contributed by atoms with Gasteiger partial charge in [0.15, 0.2) is 0 Å². The van der Waals surface area contributed by atoms with Crippen molar-refractivity contribution in [2.24, 2.45) is 0 Å². The van der Waals surface area contributed by atoms with Gasteiger partial charge >= 0.3 is 11.9 Å². The summed E-state index contributed by atoms with van der Waals surface area (Å²) in [7, 11) is 1.08. The lowest BCUT2D eigenvalue weighted by Gasteiger charge is -2.30. The van der Waals surface area contributed by atoms with Gasteiger partial charge in [-0.1, -0.05) is 18.2 Å².